The number of carbonyl (C=O) groups is 2. The van der Waals surface area contributed by atoms with E-state index in [0.29, 0.717) is 12.9 Å². The van der Waals surface area contributed by atoms with E-state index in [0.717, 1.165) is 0 Å². The maximum absolute atomic E-state index is 11.8. The molecule has 3 heterocycles. The van der Waals surface area contributed by atoms with Gasteiger partial charge in [0.1, 0.15) is 18.3 Å². The molecule has 3 fully saturated rings. The van der Waals surface area contributed by atoms with E-state index in [-0.39, 0.29) is 24.7 Å². The molecule has 0 unspecified atom stereocenters. The molecule has 0 radical (unpaired) electrons. The highest BCUT2D eigenvalue weighted by Crippen LogP contribution is 2.43. The van der Waals surface area contributed by atoms with Gasteiger partial charge in [0.2, 0.25) is 5.60 Å². The minimum absolute atomic E-state index is 0.140. The van der Waals surface area contributed by atoms with Crippen molar-refractivity contribution in [2.75, 3.05) is 13.7 Å². The van der Waals surface area contributed by atoms with Crippen molar-refractivity contribution in [3.63, 3.8) is 0 Å². The molecule has 0 spiro atoms. The molecule has 0 amide bonds. The van der Waals surface area contributed by atoms with Crippen LogP contribution in [0.2, 0.25) is 0 Å². The lowest BCUT2D eigenvalue weighted by molar-refractivity contribution is -0.184. The largest absolute Gasteiger partial charge is 0.467 e. The van der Waals surface area contributed by atoms with Crippen LogP contribution in [0.4, 0.5) is 0 Å². The Balaban J connectivity index is 1.84. The van der Waals surface area contributed by atoms with E-state index < -0.39 is 23.5 Å². The molecule has 112 valence electrons. The van der Waals surface area contributed by atoms with Crippen molar-refractivity contribution >= 4 is 12.3 Å². The first-order chi connectivity index (χ1) is 9.41. The summed E-state index contributed by atoms with van der Waals surface area (Å²) in [6.45, 7) is 3.97. The topological polar surface area (TPSA) is 80.3 Å². The summed E-state index contributed by atoms with van der Waals surface area (Å²) in [7, 11) is 1.22. The molecule has 3 rings (SSSR count). The van der Waals surface area contributed by atoms with Gasteiger partial charge < -0.3 is 23.7 Å². The number of methoxy groups -OCH3 is 1. The average Bonchev–Trinajstić information content (AvgIpc) is 2.94. The van der Waals surface area contributed by atoms with E-state index in [2.05, 4.69) is 4.74 Å². The molecule has 0 aromatic carbocycles. The third-order valence-corrected chi connectivity index (χ3v) is 3.96. The highest BCUT2D eigenvalue weighted by atomic mass is 16.8. The highest BCUT2D eigenvalue weighted by molar-refractivity contribution is 5.97. The van der Waals surface area contributed by atoms with E-state index >= 15 is 0 Å². The second-order valence-corrected chi connectivity index (χ2v) is 5.80. The number of hydrogen-bond donors (Lipinski definition) is 0. The van der Waals surface area contributed by atoms with Gasteiger partial charge in [-0.15, -0.1) is 0 Å². The van der Waals surface area contributed by atoms with Crippen molar-refractivity contribution < 1.29 is 33.3 Å². The summed E-state index contributed by atoms with van der Waals surface area (Å²) >= 11 is 0. The lowest BCUT2D eigenvalue weighted by Crippen LogP contribution is -2.50. The number of fused-ring (bicyclic) bond motifs is 3. The van der Waals surface area contributed by atoms with Crippen LogP contribution in [0.5, 0.6) is 0 Å². The summed E-state index contributed by atoms with van der Waals surface area (Å²) in [6.07, 6.45) is -0.878. The second kappa shape index (κ2) is 4.49. The smallest absolute Gasteiger partial charge is 0.345 e. The summed E-state index contributed by atoms with van der Waals surface area (Å²) in [5.41, 5.74) is -1.60. The third kappa shape index (κ3) is 1.96. The standard InChI is InChI=1S/C13H18O7/c1-12(2)18-8-5-17-7-4-13(6-14,11(15)16-3)20-9(7)10(8)19-12/h6-10H,4-5H2,1-3H3/t7-,8+,9+,10+,13+/m1/s1. The number of aldehydes is 1. The maximum atomic E-state index is 11.8. The van der Waals surface area contributed by atoms with Gasteiger partial charge in [-0.25, -0.2) is 4.79 Å². The summed E-state index contributed by atoms with van der Waals surface area (Å²) in [5.74, 6) is -1.44. The van der Waals surface area contributed by atoms with E-state index in [4.69, 9.17) is 18.9 Å². The Hall–Kier alpha value is -1.02. The highest BCUT2D eigenvalue weighted by Gasteiger charge is 2.61. The summed E-state index contributed by atoms with van der Waals surface area (Å²) in [6, 6.07) is 0. The Kier molecular flexibility index (Phi) is 3.13. The molecule has 7 heteroatoms. The molecule has 5 atom stereocenters. The minimum Gasteiger partial charge on any atom is -0.467 e. The number of carbonyl (C=O) groups excluding carboxylic acids is 2. The van der Waals surface area contributed by atoms with E-state index in [1.807, 2.05) is 13.8 Å². The minimum atomic E-state index is -1.60. The Labute approximate surface area is 116 Å². The van der Waals surface area contributed by atoms with Gasteiger partial charge in [0.25, 0.3) is 0 Å². The second-order valence-electron chi connectivity index (χ2n) is 5.80. The van der Waals surface area contributed by atoms with Gasteiger partial charge in [-0.1, -0.05) is 0 Å². The van der Waals surface area contributed by atoms with E-state index in [1.54, 1.807) is 0 Å². The lowest BCUT2D eigenvalue weighted by Gasteiger charge is -2.32. The molecule has 3 saturated heterocycles. The van der Waals surface area contributed by atoms with Gasteiger partial charge >= 0.3 is 5.97 Å². The predicted molar refractivity (Wildman–Crippen MR) is 63.9 cm³/mol. The third-order valence-electron chi connectivity index (χ3n) is 3.96. The van der Waals surface area contributed by atoms with Gasteiger partial charge in [-0.05, 0) is 13.8 Å². The van der Waals surface area contributed by atoms with Crippen LogP contribution in [0.25, 0.3) is 0 Å². The molecule has 0 aliphatic carbocycles. The summed E-state index contributed by atoms with van der Waals surface area (Å²) < 4.78 is 27.6. The number of rotatable bonds is 2. The molecule has 20 heavy (non-hydrogen) atoms. The quantitative estimate of drug-likeness (QED) is 0.395. The maximum Gasteiger partial charge on any atom is 0.345 e. The number of hydrogen-bond acceptors (Lipinski definition) is 7. The Morgan fingerprint density at radius 2 is 1.90 bits per heavy atom. The van der Waals surface area contributed by atoms with Crippen LogP contribution in [0.3, 0.4) is 0 Å². The molecule has 3 aliphatic heterocycles. The Morgan fingerprint density at radius 3 is 2.55 bits per heavy atom. The van der Waals surface area contributed by atoms with Crippen LogP contribution < -0.4 is 0 Å². The predicted octanol–water partition coefficient (Wildman–Crippen LogP) is -0.195. The van der Waals surface area contributed by atoms with Crippen LogP contribution >= 0.6 is 0 Å². The van der Waals surface area contributed by atoms with Crippen LogP contribution in [0, 0.1) is 0 Å². The molecule has 7 nitrogen and oxygen atoms in total. The molecular formula is C13H18O7. The zero-order chi connectivity index (χ0) is 14.5. The van der Waals surface area contributed by atoms with E-state index in [9.17, 15) is 9.59 Å². The van der Waals surface area contributed by atoms with Crippen molar-refractivity contribution in [1.29, 1.82) is 0 Å². The first-order valence-electron chi connectivity index (χ1n) is 6.60. The van der Waals surface area contributed by atoms with Crippen LogP contribution in [-0.2, 0) is 33.3 Å². The normalized spacial score (nSPS) is 45.5. The van der Waals surface area contributed by atoms with Crippen molar-refractivity contribution in [3.8, 4) is 0 Å². The number of ether oxygens (including phenoxy) is 5. The van der Waals surface area contributed by atoms with Crippen LogP contribution in [0.1, 0.15) is 20.3 Å². The fourth-order valence-electron chi connectivity index (χ4n) is 3.13. The van der Waals surface area contributed by atoms with Crippen LogP contribution in [0.15, 0.2) is 0 Å². The zero-order valence-electron chi connectivity index (χ0n) is 11.7. The monoisotopic (exact) mass is 286 g/mol. The zero-order valence-corrected chi connectivity index (χ0v) is 11.7. The first kappa shape index (κ1) is 13.9. The number of esters is 1. The molecule has 0 aromatic rings. The average molecular weight is 286 g/mol. The first-order valence-corrected chi connectivity index (χ1v) is 6.60. The van der Waals surface area contributed by atoms with Gasteiger partial charge in [0.05, 0.1) is 19.8 Å². The fraction of sp³-hybridized carbons (Fsp3) is 0.846. The summed E-state index contributed by atoms with van der Waals surface area (Å²) in [5, 5.41) is 0. The van der Waals surface area contributed by atoms with Crippen molar-refractivity contribution in [3.05, 3.63) is 0 Å². The van der Waals surface area contributed by atoms with E-state index in [1.165, 1.54) is 7.11 Å². The van der Waals surface area contributed by atoms with Crippen LogP contribution in [-0.4, -0.2) is 61.8 Å². The molecule has 0 N–H and O–H groups in total. The SMILES string of the molecule is COC(=O)[C@@]1(C=O)C[C@H]2OC[C@@H]3OC(C)(C)O[C@@H]3[C@H]2O1. The van der Waals surface area contributed by atoms with Gasteiger partial charge in [-0.2, -0.15) is 0 Å². The molecule has 0 saturated carbocycles. The van der Waals surface area contributed by atoms with Crippen molar-refractivity contribution in [2.24, 2.45) is 0 Å². The molecule has 0 aromatic heterocycles. The van der Waals surface area contributed by atoms with Gasteiger partial charge in [-0.3, -0.25) is 4.79 Å². The lowest BCUT2D eigenvalue weighted by atomic mass is 9.95. The fourth-order valence-corrected chi connectivity index (χ4v) is 3.13. The Morgan fingerprint density at radius 1 is 1.20 bits per heavy atom. The van der Waals surface area contributed by atoms with Gasteiger partial charge in [0, 0.05) is 6.42 Å². The van der Waals surface area contributed by atoms with Crippen molar-refractivity contribution in [2.45, 2.75) is 56.1 Å². The van der Waals surface area contributed by atoms with Gasteiger partial charge in [0.15, 0.2) is 12.1 Å². The molecular weight excluding hydrogens is 268 g/mol. The Bertz CT molecular complexity index is 434. The molecule has 0 bridgehead atoms. The molecule has 3 aliphatic rings. The summed E-state index contributed by atoms with van der Waals surface area (Å²) in [4.78, 5) is 23.2. The van der Waals surface area contributed by atoms with Crippen molar-refractivity contribution in [1.82, 2.24) is 0 Å².